The highest BCUT2D eigenvalue weighted by molar-refractivity contribution is 5.90. The zero-order chi connectivity index (χ0) is 15.5. The van der Waals surface area contributed by atoms with Gasteiger partial charge in [-0.15, -0.1) is 5.10 Å². The number of amides is 1. The quantitative estimate of drug-likeness (QED) is 0.930. The molecule has 116 valence electrons. The number of benzene rings is 1. The average molecular weight is 299 g/mol. The maximum Gasteiger partial charge on any atom is 0.291 e. The Morgan fingerprint density at radius 2 is 2.09 bits per heavy atom. The summed E-state index contributed by atoms with van der Waals surface area (Å²) in [6, 6.07) is 8.15. The van der Waals surface area contributed by atoms with Gasteiger partial charge in [0.15, 0.2) is 0 Å². The van der Waals surface area contributed by atoms with Crippen LogP contribution in [0.1, 0.15) is 29.0 Å². The van der Waals surface area contributed by atoms with Crippen molar-refractivity contribution < 1.29 is 4.79 Å². The topological polar surface area (TPSA) is 63.1 Å². The minimum Gasteiger partial charge on any atom is -0.346 e. The molecule has 0 unspecified atom stereocenters. The molecule has 1 N–H and O–H groups in total. The Bertz CT molecular complexity index is 658. The summed E-state index contributed by atoms with van der Waals surface area (Å²) in [5, 5.41) is 7.31. The second-order valence-electron chi connectivity index (χ2n) is 5.90. The molecule has 0 bridgehead atoms. The number of likely N-dealkylation sites (tertiary alicyclic amines) is 1. The van der Waals surface area contributed by atoms with Crippen molar-refractivity contribution in [1.29, 1.82) is 0 Å². The molecule has 0 atom stereocenters. The molecule has 1 aliphatic rings. The van der Waals surface area contributed by atoms with Crippen LogP contribution in [-0.2, 0) is 0 Å². The third kappa shape index (κ3) is 3.33. The Morgan fingerprint density at radius 3 is 2.82 bits per heavy atom. The molecule has 0 aliphatic carbocycles. The van der Waals surface area contributed by atoms with E-state index < -0.39 is 0 Å². The number of rotatable bonds is 3. The molecule has 1 amide bonds. The summed E-state index contributed by atoms with van der Waals surface area (Å²) >= 11 is 0. The Kier molecular flexibility index (Phi) is 4.20. The summed E-state index contributed by atoms with van der Waals surface area (Å²) in [7, 11) is 2.10. The largest absolute Gasteiger partial charge is 0.346 e. The number of aryl methyl sites for hydroxylation is 1. The fourth-order valence-electron chi connectivity index (χ4n) is 2.66. The van der Waals surface area contributed by atoms with E-state index in [1.54, 1.807) is 11.0 Å². The molecule has 0 spiro atoms. The average Bonchev–Trinajstić information content (AvgIpc) is 3.00. The van der Waals surface area contributed by atoms with Crippen LogP contribution < -0.4 is 5.32 Å². The summed E-state index contributed by atoms with van der Waals surface area (Å²) in [6.07, 6.45) is 3.53. The van der Waals surface area contributed by atoms with Crippen molar-refractivity contribution >= 4 is 5.91 Å². The predicted octanol–water partition coefficient (Wildman–Crippen LogP) is 1.40. The van der Waals surface area contributed by atoms with Crippen molar-refractivity contribution in [3.8, 4) is 5.69 Å². The van der Waals surface area contributed by atoms with E-state index in [1.807, 2.05) is 31.2 Å². The lowest BCUT2D eigenvalue weighted by molar-refractivity contribution is 0.0906. The lowest BCUT2D eigenvalue weighted by atomic mass is 10.1. The van der Waals surface area contributed by atoms with E-state index in [2.05, 4.69) is 27.3 Å². The Labute approximate surface area is 130 Å². The van der Waals surface area contributed by atoms with Crippen molar-refractivity contribution in [2.24, 2.45) is 0 Å². The van der Waals surface area contributed by atoms with Crippen molar-refractivity contribution in [2.75, 3.05) is 20.1 Å². The van der Waals surface area contributed by atoms with E-state index in [0.717, 1.165) is 37.2 Å². The van der Waals surface area contributed by atoms with Crippen LogP contribution in [0.5, 0.6) is 0 Å². The molecule has 2 aromatic rings. The van der Waals surface area contributed by atoms with Crippen LogP contribution in [0.3, 0.4) is 0 Å². The molecular weight excluding hydrogens is 278 g/mol. The van der Waals surface area contributed by atoms with E-state index in [4.69, 9.17) is 0 Å². The lowest BCUT2D eigenvalue weighted by Crippen LogP contribution is -2.43. The number of hydrogen-bond acceptors (Lipinski definition) is 4. The molecule has 1 aromatic carbocycles. The molecule has 6 nitrogen and oxygen atoms in total. The van der Waals surface area contributed by atoms with Crippen LogP contribution in [0.25, 0.3) is 5.69 Å². The van der Waals surface area contributed by atoms with Gasteiger partial charge in [-0.25, -0.2) is 9.67 Å². The normalized spacial score (nSPS) is 16.6. The SMILES string of the molecule is Cc1cccc(-n2cnc(C(=O)NC3CCN(C)CC3)n2)c1. The minimum absolute atomic E-state index is 0.194. The summed E-state index contributed by atoms with van der Waals surface area (Å²) < 4.78 is 1.64. The number of hydrogen-bond donors (Lipinski definition) is 1. The number of piperidine rings is 1. The van der Waals surface area contributed by atoms with Crippen LogP contribution >= 0.6 is 0 Å². The maximum absolute atomic E-state index is 12.2. The molecule has 2 heterocycles. The van der Waals surface area contributed by atoms with Gasteiger partial charge in [-0.05, 0) is 57.6 Å². The first-order chi connectivity index (χ1) is 10.6. The summed E-state index contributed by atoms with van der Waals surface area (Å²) in [5.41, 5.74) is 2.05. The molecule has 22 heavy (non-hydrogen) atoms. The van der Waals surface area contributed by atoms with Crippen molar-refractivity contribution in [1.82, 2.24) is 25.0 Å². The minimum atomic E-state index is -0.194. The number of carbonyl (C=O) groups is 1. The highest BCUT2D eigenvalue weighted by atomic mass is 16.2. The van der Waals surface area contributed by atoms with Gasteiger partial charge in [0.2, 0.25) is 5.82 Å². The highest BCUT2D eigenvalue weighted by Gasteiger charge is 2.21. The van der Waals surface area contributed by atoms with Gasteiger partial charge in [-0.1, -0.05) is 12.1 Å². The number of aromatic nitrogens is 3. The Morgan fingerprint density at radius 1 is 1.32 bits per heavy atom. The van der Waals surface area contributed by atoms with Crippen LogP contribution in [0.4, 0.5) is 0 Å². The standard InChI is InChI=1S/C16H21N5O/c1-12-4-3-5-14(10-12)21-11-17-15(19-21)16(22)18-13-6-8-20(2)9-7-13/h3-5,10-11,13H,6-9H2,1-2H3,(H,18,22). The van der Waals surface area contributed by atoms with E-state index in [0.29, 0.717) is 0 Å². The van der Waals surface area contributed by atoms with E-state index >= 15 is 0 Å². The molecule has 1 fully saturated rings. The van der Waals surface area contributed by atoms with Gasteiger partial charge in [-0.3, -0.25) is 4.79 Å². The van der Waals surface area contributed by atoms with E-state index in [-0.39, 0.29) is 17.8 Å². The summed E-state index contributed by atoms with van der Waals surface area (Å²) in [6.45, 7) is 4.04. The van der Waals surface area contributed by atoms with Crippen molar-refractivity contribution in [3.05, 3.63) is 42.0 Å². The second-order valence-corrected chi connectivity index (χ2v) is 5.90. The van der Waals surface area contributed by atoms with Gasteiger partial charge in [0.05, 0.1) is 5.69 Å². The van der Waals surface area contributed by atoms with Gasteiger partial charge < -0.3 is 10.2 Å². The smallest absolute Gasteiger partial charge is 0.291 e. The van der Waals surface area contributed by atoms with E-state index in [9.17, 15) is 4.79 Å². The molecule has 1 aromatic heterocycles. The van der Waals surface area contributed by atoms with Gasteiger partial charge in [0, 0.05) is 6.04 Å². The van der Waals surface area contributed by atoms with Crippen molar-refractivity contribution in [2.45, 2.75) is 25.8 Å². The molecule has 0 radical (unpaired) electrons. The first-order valence-electron chi connectivity index (χ1n) is 7.60. The molecular formula is C16H21N5O. The molecule has 0 saturated carbocycles. The highest BCUT2D eigenvalue weighted by Crippen LogP contribution is 2.10. The summed E-state index contributed by atoms with van der Waals surface area (Å²) in [5.74, 6) is 0.0291. The molecule has 1 aliphatic heterocycles. The van der Waals surface area contributed by atoms with Crippen molar-refractivity contribution in [3.63, 3.8) is 0 Å². The summed E-state index contributed by atoms with van der Waals surface area (Å²) in [4.78, 5) is 18.6. The fraction of sp³-hybridized carbons (Fsp3) is 0.438. The Hall–Kier alpha value is -2.21. The van der Waals surface area contributed by atoms with Gasteiger partial charge >= 0.3 is 0 Å². The lowest BCUT2D eigenvalue weighted by Gasteiger charge is -2.29. The molecule has 3 rings (SSSR count). The third-order valence-corrected chi connectivity index (χ3v) is 4.01. The molecule has 1 saturated heterocycles. The number of nitrogens with zero attached hydrogens (tertiary/aromatic N) is 4. The molecule has 6 heteroatoms. The first-order valence-corrected chi connectivity index (χ1v) is 7.60. The van der Waals surface area contributed by atoms with Gasteiger partial charge in [0.1, 0.15) is 6.33 Å². The van der Waals surface area contributed by atoms with Crippen LogP contribution in [0, 0.1) is 6.92 Å². The monoisotopic (exact) mass is 299 g/mol. The fourth-order valence-corrected chi connectivity index (χ4v) is 2.66. The van der Waals surface area contributed by atoms with Crippen LogP contribution in [0.2, 0.25) is 0 Å². The van der Waals surface area contributed by atoms with Gasteiger partial charge in [-0.2, -0.15) is 0 Å². The predicted molar refractivity (Wildman–Crippen MR) is 84.1 cm³/mol. The van der Waals surface area contributed by atoms with Crippen LogP contribution in [0.15, 0.2) is 30.6 Å². The zero-order valence-corrected chi connectivity index (χ0v) is 13.0. The number of nitrogens with one attached hydrogen (secondary N) is 1. The van der Waals surface area contributed by atoms with E-state index in [1.165, 1.54) is 0 Å². The Balaban J connectivity index is 1.67. The van der Waals surface area contributed by atoms with Gasteiger partial charge in [0.25, 0.3) is 5.91 Å². The number of carbonyl (C=O) groups excluding carboxylic acids is 1. The third-order valence-electron chi connectivity index (χ3n) is 4.01. The second kappa shape index (κ2) is 6.27. The maximum atomic E-state index is 12.2. The zero-order valence-electron chi connectivity index (χ0n) is 13.0. The first kappa shape index (κ1) is 14.7. The van der Waals surface area contributed by atoms with Crippen LogP contribution in [-0.4, -0.2) is 51.8 Å².